The second-order valence-electron chi connectivity index (χ2n) is 7.37. The maximum absolute atomic E-state index is 11.2. The summed E-state index contributed by atoms with van der Waals surface area (Å²) in [4.78, 5) is 30.7. The molecule has 4 heterocycles. The summed E-state index contributed by atoms with van der Waals surface area (Å²) >= 11 is 3.35. The summed E-state index contributed by atoms with van der Waals surface area (Å²) in [6.07, 6.45) is 8.11. The van der Waals surface area contributed by atoms with Crippen molar-refractivity contribution in [2.24, 2.45) is 5.92 Å². The third-order valence-corrected chi connectivity index (χ3v) is 7.20. The Balaban J connectivity index is 1.41. The number of carbonyl (C=O) groups excluding carboxylic acids is 1. The van der Waals surface area contributed by atoms with Crippen LogP contribution in [0.1, 0.15) is 42.1 Å². The van der Waals surface area contributed by atoms with Gasteiger partial charge >= 0.3 is 0 Å². The number of hydrogen-bond acceptors (Lipinski definition) is 7. The molecule has 0 aromatic carbocycles. The van der Waals surface area contributed by atoms with Crippen LogP contribution in [0.2, 0.25) is 0 Å². The Morgan fingerprint density at radius 3 is 3.00 bits per heavy atom. The summed E-state index contributed by atoms with van der Waals surface area (Å²) in [5.41, 5.74) is 1.19. The molecule has 3 aromatic heterocycles. The number of carbonyl (C=O) groups is 1. The number of aromatic nitrogens is 3. The van der Waals surface area contributed by atoms with Gasteiger partial charge in [0.15, 0.2) is 5.13 Å². The molecule has 1 aliphatic heterocycles. The molecule has 1 fully saturated rings. The molecule has 0 spiro atoms. The number of likely N-dealkylation sites (tertiary alicyclic amines) is 1. The molecule has 0 bridgehead atoms. The monoisotopic (exact) mass is 415 g/mol. The first-order valence-corrected chi connectivity index (χ1v) is 11.4. The van der Waals surface area contributed by atoms with Crippen LogP contribution in [0.5, 0.6) is 0 Å². The third kappa shape index (κ3) is 4.56. The SMILES string of the molecule is CCc1cc2c(CC3CCCN(Cc4cnc(NC(C)=O)s4)C3)ncnc2s1. The van der Waals surface area contributed by atoms with Crippen molar-refractivity contribution in [3.8, 4) is 0 Å². The van der Waals surface area contributed by atoms with Crippen LogP contribution in [0.4, 0.5) is 5.13 Å². The lowest BCUT2D eigenvalue weighted by Crippen LogP contribution is -2.35. The lowest BCUT2D eigenvalue weighted by atomic mass is 9.92. The summed E-state index contributed by atoms with van der Waals surface area (Å²) in [5.74, 6) is 0.536. The minimum Gasteiger partial charge on any atom is -0.302 e. The number of nitrogens with one attached hydrogen (secondary N) is 1. The van der Waals surface area contributed by atoms with Gasteiger partial charge in [0, 0.05) is 41.4 Å². The van der Waals surface area contributed by atoms with Gasteiger partial charge < -0.3 is 5.32 Å². The fraction of sp³-hybridized carbons (Fsp3) is 0.500. The maximum Gasteiger partial charge on any atom is 0.223 e. The van der Waals surface area contributed by atoms with Gasteiger partial charge in [-0.25, -0.2) is 15.0 Å². The Morgan fingerprint density at radius 1 is 1.29 bits per heavy atom. The van der Waals surface area contributed by atoms with Crippen LogP contribution >= 0.6 is 22.7 Å². The van der Waals surface area contributed by atoms with Crippen LogP contribution in [0.15, 0.2) is 18.6 Å². The van der Waals surface area contributed by atoms with Crippen LogP contribution < -0.4 is 5.32 Å². The summed E-state index contributed by atoms with van der Waals surface area (Å²) in [5, 5.41) is 4.69. The van der Waals surface area contributed by atoms with E-state index in [0.29, 0.717) is 11.0 Å². The molecule has 0 aliphatic carbocycles. The first-order chi connectivity index (χ1) is 13.6. The number of rotatable bonds is 6. The van der Waals surface area contributed by atoms with Gasteiger partial charge in [-0.3, -0.25) is 9.69 Å². The number of hydrogen-bond donors (Lipinski definition) is 1. The van der Waals surface area contributed by atoms with Gasteiger partial charge in [-0.15, -0.1) is 22.7 Å². The van der Waals surface area contributed by atoms with Crippen molar-refractivity contribution in [3.05, 3.63) is 34.0 Å². The third-order valence-electron chi connectivity index (χ3n) is 5.11. The van der Waals surface area contributed by atoms with E-state index in [1.807, 2.05) is 6.20 Å². The average molecular weight is 416 g/mol. The van der Waals surface area contributed by atoms with Gasteiger partial charge in [0.25, 0.3) is 0 Å². The summed E-state index contributed by atoms with van der Waals surface area (Å²) in [6, 6.07) is 2.27. The molecule has 1 N–H and O–H groups in total. The molecule has 1 aliphatic rings. The molecule has 148 valence electrons. The van der Waals surface area contributed by atoms with E-state index in [9.17, 15) is 4.79 Å². The fourth-order valence-electron chi connectivity index (χ4n) is 3.84. The number of fused-ring (bicyclic) bond motifs is 1. The van der Waals surface area contributed by atoms with Gasteiger partial charge in [-0.1, -0.05) is 6.92 Å². The Hall–Kier alpha value is -1.90. The van der Waals surface area contributed by atoms with E-state index < -0.39 is 0 Å². The van der Waals surface area contributed by atoms with Crippen LogP contribution in [0.3, 0.4) is 0 Å². The zero-order chi connectivity index (χ0) is 19.5. The summed E-state index contributed by atoms with van der Waals surface area (Å²) in [7, 11) is 0. The fourth-order valence-corrected chi connectivity index (χ4v) is 5.69. The Bertz CT molecular complexity index is 967. The highest BCUT2D eigenvalue weighted by atomic mass is 32.1. The number of thiophene rings is 1. The quantitative estimate of drug-likeness (QED) is 0.656. The van der Waals surface area contributed by atoms with E-state index in [-0.39, 0.29) is 5.91 Å². The van der Waals surface area contributed by atoms with Crippen molar-refractivity contribution in [1.82, 2.24) is 19.9 Å². The highest BCUT2D eigenvalue weighted by molar-refractivity contribution is 7.18. The molecule has 1 saturated heterocycles. The summed E-state index contributed by atoms with van der Waals surface area (Å²) < 4.78 is 0. The van der Waals surface area contributed by atoms with E-state index in [0.717, 1.165) is 37.3 Å². The predicted molar refractivity (Wildman–Crippen MR) is 115 cm³/mol. The number of anilines is 1. The number of amides is 1. The molecule has 1 unspecified atom stereocenters. The molecular formula is C20H25N5OS2. The zero-order valence-corrected chi connectivity index (χ0v) is 17.9. The minimum atomic E-state index is -0.0743. The highest BCUT2D eigenvalue weighted by Gasteiger charge is 2.22. The number of aryl methyl sites for hydroxylation is 1. The van der Waals surface area contributed by atoms with E-state index in [1.165, 1.54) is 40.6 Å². The average Bonchev–Trinajstić information content (AvgIpc) is 3.28. The van der Waals surface area contributed by atoms with Crippen molar-refractivity contribution >= 4 is 43.9 Å². The molecule has 6 nitrogen and oxygen atoms in total. The Labute approximate surface area is 173 Å². The maximum atomic E-state index is 11.2. The van der Waals surface area contributed by atoms with Crippen LogP contribution in [-0.2, 0) is 24.2 Å². The predicted octanol–water partition coefficient (Wildman–Crippen LogP) is 4.12. The molecule has 28 heavy (non-hydrogen) atoms. The van der Waals surface area contributed by atoms with E-state index in [4.69, 9.17) is 0 Å². The van der Waals surface area contributed by atoms with Crippen molar-refractivity contribution < 1.29 is 4.79 Å². The number of thiazole rings is 1. The largest absolute Gasteiger partial charge is 0.302 e. The molecule has 0 radical (unpaired) electrons. The van der Waals surface area contributed by atoms with Gasteiger partial charge in [0.1, 0.15) is 11.2 Å². The molecule has 3 aromatic rings. The van der Waals surface area contributed by atoms with Crippen molar-refractivity contribution in [2.45, 2.75) is 46.1 Å². The second-order valence-corrected chi connectivity index (χ2v) is 9.60. The topological polar surface area (TPSA) is 71.0 Å². The van der Waals surface area contributed by atoms with Crippen LogP contribution in [-0.4, -0.2) is 38.8 Å². The normalized spacial score (nSPS) is 17.9. The van der Waals surface area contributed by atoms with Gasteiger partial charge in [-0.05, 0) is 44.2 Å². The molecule has 0 saturated carbocycles. The van der Waals surface area contributed by atoms with Crippen molar-refractivity contribution in [1.29, 1.82) is 0 Å². The zero-order valence-electron chi connectivity index (χ0n) is 16.3. The van der Waals surface area contributed by atoms with E-state index in [1.54, 1.807) is 29.0 Å². The highest BCUT2D eigenvalue weighted by Crippen LogP contribution is 2.29. The van der Waals surface area contributed by atoms with Crippen molar-refractivity contribution in [3.63, 3.8) is 0 Å². The molecule has 1 atom stereocenters. The van der Waals surface area contributed by atoms with E-state index in [2.05, 4.69) is 38.2 Å². The molecule has 4 rings (SSSR count). The molecule has 1 amide bonds. The van der Waals surface area contributed by atoms with Crippen molar-refractivity contribution in [2.75, 3.05) is 18.4 Å². The van der Waals surface area contributed by atoms with E-state index >= 15 is 0 Å². The standard InChI is InChI=1S/C20H25N5OS2/c1-3-15-8-17-18(22-12-23-19(17)27-15)7-14-5-4-6-25(10-14)11-16-9-21-20(28-16)24-13(2)26/h8-9,12,14H,3-7,10-11H2,1-2H3,(H,21,24,26). The minimum absolute atomic E-state index is 0.0743. The summed E-state index contributed by atoms with van der Waals surface area (Å²) in [6.45, 7) is 6.78. The van der Waals surface area contributed by atoms with Gasteiger partial charge in [-0.2, -0.15) is 0 Å². The van der Waals surface area contributed by atoms with Crippen LogP contribution in [0.25, 0.3) is 10.2 Å². The lowest BCUT2D eigenvalue weighted by Gasteiger charge is -2.32. The smallest absolute Gasteiger partial charge is 0.223 e. The second kappa shape index (κ2) is 8.63. The molecular weight excluding hydrogens is 390 g/mol. The molecule has 8 heteroatoms. The van der Waals surface area contributed by atoms with Crippen LogP contribution in [0, 0.1) is 5.92 Å². The number of nitrogens with zero attached hydrogens (tertiary/aromatic N) is 4. The van der Waals surface area contributed by atoms with Gasteiger partial charge in [0.05, 0.1) is 5.69 Å². The lowest BCUT2D eigenvalue weighted by molar-refractivity contribution is -0.114. The number of piperidine rings is 1. The first kappa shape index (κ1) is 19.4. The van der Waals surface area contributed by atoms with Gasteiger partial charge in [0.2, 0.25) is 5.91 Å². The first-order valence-electron chi connectivity index (χ1n) is 9.77. The Kier molecular flexibility index (Phi) is 5.99. The Morgan fingerprint density at radius 2 is 2.18 bits per heavy atom.